The second kappa shape index (κ2) is 6.62. The number of nitrogens with zero attached hydrogens (tertiary/aromatic N) is 4. The van der Waals surface area contributed by atoms with Crippen molar-refractivity contribution in [2.75, 3.05) is 24.8 Å². The van der Waals surface area contributed by atoms with Gasteiger partial charge in [0.2, 0.25) is 11.6 Å². The van der Waals surface area contributed by atoms with Crippen molar-refractivity contribution < 1.29 is 4.92 Å². The summed E-state index contributed by atoms with van der Waals surface area (Å²) in [7, 11) is 3.45. The van der Waals surface area contributed by atoms with E-state index in [9.17, 15) is 10.1 Å². The summed E-state index contributed by atoms with van der Waals surface area (Å²) in [6, 6.07) is 9.59. The third-order valence-corrected chi connectivity index (χ3v) is 2.64. The minimum atomic E-state index is -0.501. The smallest absolute Gasteiger partial charge is 0.354 e. The molecule has 110 valence electrons. The molecule has 8 nitrogen and oxygen atoms in total. The number of rotatable bonds is 6. The molecule has 8 heteroatoms. The predicted molar refractivity (Wildman–Crippen MR) is 79.8 cm³/mol. The van der Waals surface area contributed by atoms with Crippen LogP contribution in [0.15, 0.2) is 36.7 Å². The van der Waals surface area contributed by atoms with Crippen LogP contribution in [-0.2, 0) is 6.54 Å². The number of hydrogen-bond donors (Lipinski definition) is 2. The highest BCUT2D eigenvalue weighted by Gasteiger charge is 2.23. The van der Waals surface area contributed by atoms with Gasteiger partial charge in [-0.2, -0.15) is 0 Å². The zero-order chi connectivity index (χ0) is 15.2. The van der Waals surface area contributed by atoms with Crippen LogP contribution in [0.5, 0.6) is 0 Å². The molecule has 0 aliphatic rings. The van der Waals surface area contributed by atoms with Gasteiger partial charge < -0.3 is 5.32 Å². The maximum atomic E-state index is 11.3. The van der Waals surface area contributed by atoms with Crippen LogP contribution in [0.2, 0.25) is 0 Å². The summed E-state index contributed by atoms with van der Waals surface area (Å²) in [5.41, 5.74) is 3.62. The van der Waals surface area contributed by atoms with Crippen LogP contribution in [0.3, 0.4) is 0 Å². The molecule has 0 amide bonds. The first-order valence-electron chi connectivity index (χ1n) is 6.29. The summed E-state index contributed by atoms with van der Waals surface area (Å²) in [5, 5.41) is 15.8. The van der Waals surface area contributed by atoms with Crippen molar-refractivity contribution in [1.82, 2.24) is 15.0 Å². The molecule has 0 radical (unpaired) electrons. The number of aromatic nitrogens is 2. The molecular formula is C13H16N6O2. The van der Waals surface area contributed by atoms with Crippen molar-refractivity contribution in [3.63, 3.8) is 0 Å². The monoisotopic (exact) mass is 288 g/mol. The Kier molecular flexibility index (Phi) is 4.62. The van der Waals surface area contributed by atoms with Gasteiger partial charge in [-0.1, -0.05) is 30.3 Å². The van der Waals surface area contributed by atoms with Gasteiger partial charge in [-0.3, -0.25) is 15.5 Å². The number of benzene rings is 1. The lowest BCUT2D eigenvalue weighted by molar-refractivity contribution is -0.383. The molecule has 1 aromatic carbocycles. The van der Waals surface area contributed by atoms with Crippen LogP contribution in [0.1, 0.15) is 5.56 Å². The number of nitro groups is 1. The number of hydrazine groups is 1. The second-order valence-electron chi connectivity index (χ2n) is 4.52. The summed E-state index contributed by atoms with van der Waals surface area (Å²) in [4.78, 5) is 18.6. The first-order valence-corrected chi connectivity index (χ1v) is 6.29. The largest absolute Gasteiger partial charge is 0.360 e. The Balaban J connectivity index is 2.24. The lowest BCUT2D eigenvalue weighted by Gasteiger charge is -2.14. The van der Waals surface area contributed by atoms with Crippen molar-refractivity contribution in [3.05, 3.63) is 52.3 Å². The third-order valence-electron chi connectivity index (χ3n) is 2.64. The molecule has 0 aliphatic heterocycles. The van der Waals surface area contributed by atoms with E-state index in [-0.39, 0.29) is 17.3 Å². The van der Waals surface area contributed by atoms with Gasteiger partial charge in [0.05, 0.1) is 4.92 Å². The highest BCUT2D eigenvalue weighted by atomic mass is 16.6. The fourth-order valence-corrected chi connectivity index (χ4v) is 1.76. The quantitative estimate of drug-likeness (QED) is 0.618. The summed E-state index contributed by atoms with van der Waals surface area (Å²) in [6.07, 6.45) is 1.28. The van der Waals surface area contributed by atoms with Crippen LogP contribution in [-0.4, -0.2) is 34.0 Å². The molecule has 0 unspecified atom stereocenters. The zero-order valence-electron chi connectivity index (χ0n) is 11.8. The highest BCUT2D eigenvalue weighted by molar-refractivity contribution is 5.68. The van der Waals surface area contributed by atoms with Crippen LogP contribution in [0, 0.1) is 10.1 Å². The molecule has 0 saturated carbocycles. The minimum absolute atomic E-state index is 0.149. The van der Waals surface area contributed by atoms with Gasteiger partial charge in [-0.05, 0) is 5.56 Å². The summed E-state index contributed by atoms with van der Waals surface area (Å²) < 4.78 is 0. The molecule has 2 aromatic rings. The first kappa shape index (κ1) is 14.7. The maximum absolute atomic E-state index is 11.3. The molecule has 1 aromatic heterocycles. The van der Waals surface area contributed by atoms with E-state index < -0.39 is 4.92 Å². The average molecular weight is 288 g/mol. The third kappa shape index (κ3) is 3.86. The van der Waals surface area contributed by atoms with E-state index in [1.807, 2.05) is 30.3 Å². The van der Waals surface area contributed by atoms with Crippen molar-refractivity contribution in [2.24, 2.45) is 0 Å². The van der Waals surface area contributed by atoms with Gasteiger partial charge in [0, 0.05) is 20.6 Å². The van der Waals surface area contributed by atoms with Crippen LogP contribution in [0.25, 0.3) is 0 Å². The molecule has 0 aliphatic carbocycles. The van der Waals surface area contributed by atoms with E-state index in [1.54, 1.807) is 19.1 Å². The maximum Gasteiger partial charge on any atom is 0.354 e. The molecule has 2 N–H and O–H groups in total. The van der Waals surface area contributed by atoms with E-state index >= 15 is 0 Å². The lowest BCUT2D eigenvalue weighted by Crippen LogP contribution is -2.21. The SMILES string of the molecule is CN(C)Nc1ncnc(NCc2ccccc2)c1[N+](=O)[O-]. The van der Waals surface area contributed by atoms with E-state index in [1.165, 1.54) is 6.33 Å². The number of anilines is 2. The lowest BCUT2D eigenvalue weighted by atomic mass is 10.2. The molecule has 0 saturated heterocycles. The fraction of sp³-hybridized carbons (Fsp3) is 0.231. The normalized spacial score (nSPS) is 10.4. The molecule has 21 heavy (non-hydrogen) atoms. The van der Waals surface area contributed by atoms with E-state index in [0.717, 1.165) is 5.56 Å². The zero-order valence-corrected chi connectivity index (χ0v) is 11.8. The van der Waals surface area contributed by atoms with Crippen LogP contribution in [0.4, 0.5) is 17.3 Å². The molecule has 0 atom stereocenters. The number of nitrogens with one attached hydrogen (secondary N) is 2. The molecule has 2 rings (SSSR count). The predicted octanol–water partition coefficient (Wildman–Crippen LogP) is 1.89. The van der Waals surface area contributed by atoms with Gasteiger partial charge in [-0.25, -0.2) is 15.0 Å². The highest BCUT2D eigenvalue weighted by Crippen LogP contribution is 2.29. The summed E-state index contributed by atoms with van der Waals surface area (Å²) in [6.45, 7) is 0.445. The molecule has 1 heterocycles. The standard InChI is InChI=1S/C13H16N6O2/c1-18(2)17-13-11(19(20)21)12(15-9-16-13)14-8-10-6-4-3-5-7-10/h3-7,9H,8H2,1-2H3,(H2,14,15,16,17). The molecule has 0 spiro atoms. The average Bonchev–Trinajstić information content (AvgIpc) is 2.45. The van der Waals surface area contributed by atoms with Gasteiger partial charge in [0.15, 0.2) is 0 Å². The van der Waals surface area contributed by atoms with E-state index in [2.05, 4.69) is 20.7 Å². The van der Waals surface area contributed by atoms with Crippen molar-refractivity contribution in [3.8, 4) is 0 Å². The van der Waals surface area contributed by atoms with Crippen LogP contribution < -0.4 is 10.7 Å². The Bertz CT molecular complexity index is 617. The molecule has 0 fully saturated rings. The van der Waals surface area contributed by atoms with Crippen molar-refractivity contribution in [1.29, 1.82) is 0 Å². The second-order valence-corrected chi connectivity index (χ2v) is 4.52. The van der Waals surface area contributed by atoms with E-state index in [4.69, 9.17) is 0 Å². The Hall–Kier alpha value is -2.74. The summed E-state index contributed by atoms with van der Waals surface area (Å²) in [5.74, 6) is 0.332. The first-order chi connectivity index (χ1) is 10.1. The molecular weight excluding hydrogens is 272 g/mol. The number of hydrogen-bond acceptors (Lipinski definition) is 7. The van der Waals surface area contributed by atoms with Gasteiger partial charge in [0.25, 0.3) is 0 Å². The topological polar surface area (TPSA) is 96.2 Å². The van der Waals surface area contributed by atoms with E-state index in [0.29, 0.717) is 6.54 Å². The van der Waals surface area contributed by atoms with Gasteiger partial charge in [-0.15, -0.1) is 0 Å². The Morgan fingerprint density at radius 2 is 1.86 bits per heavy atom. The Labute approximate surface area is 122 Å². The molecule has 0 bridgehead atoms. The van der Waals surface area contributed by atoms with Gasteiger partial charge >= 0.3 is 5.69 Å². The Morgan fingerprint density at radius 1 is 1.19 bits per heavy atom. The van der Waals surface area contributed by atoms with Gasteiger partial charge in [0.1, 0.15) is 6.33 Å². The van der Waals surface area contributed by atoms with Crippen molar-refractivity contribution in [2.45, 2.75) is 6.54 Å². The fourth-order valence-electron chi connectivity index (χ4n) is 1.76. The summed E-state index contributed by atoms with van der Waals surface area (Å²) >= 11 is 0. The van der Waals surface area contributed by atoms with Crippen molar-refractivity contribution >= 4 is 17.3 Å². The minimum Gasteiger partial charge on any atom is -0.360 e. The Morgan fingerprint density at radius 3 is 2.48 bits per heavy atom. The van der Waals surface area contributed by atoms with Crippen LogP contribution >= 0.6 is 0 Å².